The lowest BCUT2D eigenvalue weighted by Gasteiger charge is -2.26. The van der Waals surface area contributed by atoms with Crippen LogP contribution in [0.5, 0.6) is 0 Å². The van der Waals surface area contributed by atoms with Gasteiger partial charge in [0.2, 0.25) is 0 Å². The number of hydrogen-bond acceptors (Lipinski definition) is 32. The maximum atomic E-state index is 13.0. The molecule has 0 aliphatic heterocycles. The molecule has 0 saturated carbocycles. The summed E-state index contributed by atoms with van der Waals surface area (Å²) in [5.41, 5.74) is 2.82. The Morgan fingerprint density at radius 1 is 0.420 bits per heavy atom. The van der Waals surface area contributed by atoms with Crippen LogP contribution in [0.25, 0.3) is 63.1 Å². The molecule has 112 heavy (non-hydrogen) atoms. The molecule has 10 aromatic rings. The number of benzene rings is 8. The Kier molecular flexibility index (Phi) is 31.2. The van der Waals surface area contributed by atoms with E-state index in [4.69, 9.17) is 30.6 Å². The number of azo groups is 2. The predicted molar refractivity (Wildman–Crippen MR) is 419 cm³/mol. The molecular formula is C74H82N10O22S6-4. The third-order valence-electron chi connectivity index (χ3n) is 15.7. The summed E-state index contributed by atoms with van der Waals surface area (Å²) in [6.45, 7) is 18.6. The fourth-order valence-corrected chi connectivity index (χ4v) is 17.4. The number of nitrogens with zero attached hydrogens (tertiary/aromatic N) is 8. The first-order valence-corrected chi connectivity index (χ1v) is 41.2. The van der Waals surface area contributed by atoms with E-state index in [0.717, 1.165) is 22.7 Å². The molecule has 0 bridgehead atoms. The highest BCUT2D eigenvalue weighted by Crippen LogP contribution is 2.39. The van der Waals surface area contributed by atoms with Gasteiger partial charge in [-0.3, -0.25) is 19.4 Å². The number of anilines is 2. The number of aliphatic hydroxyl groups is 8. The van der Waals surface area contributed by atoms with Gasteiger partial charge in [0.05, 0.1) is 88.0 Å². The van der Waals surface area contributed by atoms with Crippen LogP contribution >= 0.6 is 22.7 Å². The van der Waals surface area contributed by atoms with E-state index in [2.05, 4.69) is 41.1 Å². The number of hydrogen-bond donors (Lipinski definition) is 10. The minimum absolute atomic E-state index is 0.123. The van der Waals surface area contributed by atoms with Gasteiger partial charge in [-0.1, -0.05) is 60.7 Å². The molecule has 0 fully saturated rings. The number of rotatable bonds is 26. The number of amides is 2. The smallest absolute Gasteiger partial charge is 0.279 e. The Hall–Kier alpha value is -9.40. The lowest BCUT2D eigenvalue weighted by Crippen LogP contribution is -2.40. The molecule has 10 N–H and O–H groups in total. The van der Waals surface area contributed by atoms with E-state index >= 15 is 0 Å². The van der Waals surface area contributed by atoms with E-state index in [-0.39, 0.29) is 41.3 Å². The second kappa shape index (κ2) is 38.9. The van der Waals surface area contributed by atoms with Crippen LogP contribution in [-0.2, 0) is 50.1 Å². The number of aromatic nitrogens is 2. The van der Waals surface area contributed by atoms with Crippen molar-refractivity contribution in [2.24, 2.45) is 20.5 Å². The first-order valence-electron chi connectivity index (χ1n) is 34.0. The summed E-state index contributed by atoms with van der Waals surface area (Å²) < 4.78 is 141. The molecule has 0 radical (unpaired) electrons. The normalized spacial score (nSPS) is 14.3. The van der Waals surface area contributed by atoms with Gasteiger partial charge in [0.15, 0.2) is 11.4 Å². The van der Waals surface area contributed by atoms with Crippen molar-refractivity contribution in [2.75, 3.05) is 49.9 Å². The van der Waals surface area contributed by atoms with Crippen LogP contribution in [0.1, 0.15) is 66.5 Å². The van der Waals surface area contributed by atoms with Crippen molar-refractivity contribution in [1.82, 2.24) is 19.8 Å². The second-order valence-electron chi connectivity index (χ2n) is 26.1. The number of aliphatic hydroxyl groups excluding tert-OH is 8. The van der Waals surface area contributed by atoms with Gasteiger partial charge < -0.3 is 69.7 Å². The zero-order valence-electron chi connectivity index (χ0n) is 61.9. The summed E-state index contributed by atoms with van der Waals surface area (Å²) in [7, 11) is -18.9. The zero-order chi connectivity index (χ0) is 83.1. The van der Waals surface area contributed by atoms with Crippen molar-refractivity contribution >= 4 is 140 Å². The average molecular weight is 1660 g/mol. The minimum Gasteiger partial charge on any atom is -0.744 e. The molecule has 38 heteroatoms. The molecule has 0 spiro atoms. The maximum absolute atomic E-state index is 13.0. The fraction of sp³-hybridized carbons (Fsp3) is 0.297. The topological polar surface area (TPSA) is 531 Å². The number of allylic oxidation sites excluding steroid dienone is 2. The van der Waals surface area contributed by atoms with Gasteiger partial charge in [-0.2, -0.15) is 10.2 Å². The number of nitrogens with one attached hydrogen (secondary N) is 2. The number of aryl methyl sites for hydroxylation is 2. The second-order valence-corrected chi connectivity index (χ2v) is 33.4. The molecule has 0 aliphatic rings. The quantitative estimate of drug-likeness (QED) is 0.0104. The highest BCUT2D eigenvalue weighted by Gasteiger charge is 2.23. The summed E-state index contributed by atoms with van der Waals surface area (Å²) in [4.78, 5) is 37.1. The van der Waals surface area contributed by atoms with Gasteiger partial charge in [0, 0.05) is 83.3 Å². The number of thiazole rings is 2. The predicted octanol–water partition coefficient (Wildman–Crippen LogP) is 10.4. The molecule has 2 amide bonds. The summed E-state index contributed by atoms with van der Waals surface area (Å²) in [5, 5.41) is 97.9. The third-order valence-corrected chi connectivity index (χ3v) is 22.1. The van der Waals surface area contributed by atoms with E-state index < -0.39 is 122 Å². The molecule has 600 valence electrons. The molecular weight excluding hydrogens is 1570 g/mol. The van der Waals surface area contributed by atoms with Gasteiger partial charge in [-0.25, -0.2) is 43.6 Å². The number of carbonyl (C=O) groups excluding carboxylic acids is 2. The Morgan fingerprint density at radius 2 is 0.705 bits per heavy atom. The van der Waals surface area contributed by atoms with E-state index in [1.54, 1.807) is 116 Å². The SMILES string of the molecule is C/C(O)=C(\N=Nc1ccc(-c2nc3ccc(C)c(S(=O)(=O)[O-])c3s2)cc1)C(=O)Nc1cccc2c(S(=O)(=O)[O-])cccc12.C/C(O)=C(\N=Nc1ccc(-c2nc3ccc(C)c(S(=O)(=O)[O-])c3s2)cc1)C(=O)Nc1cccc2c(S(=O)(=O)[O-])cccc12.CC(O)CN(CC(C)O)CC(C)O.CC(O)CN(CC(C)O)CC(C)O. The lowest BCUT2D eigenvalue weighted by molar-refractivity contribution is -0.113. The first kappa shape index (κ1) is 89.8. The van der Waals surface area contributed by atoms with Crippen LogP contribution in [0.2, 0.25) is 0 Å². The molecule has 2 heterocycles. The summed E-state index contributed by atoms with van der Waals surface area (Å²) in [6, 6.07) is 36.2. The lowest BCUT2D eigenvalue weighted by atomic mass is 10.1. The summed E-state index contributed by atoms with van der Waals surface area (Å²) in [5.74, 6) is -2.54. The van der Waals surface area contributed by atoms with Crippen LogP contribution in [0, 0.1) is 13.8 Å². The Morgan fingerprint density at radius 3 is 0.973 bits per heavy atom. The van der Waals surface area contributed by atoms with Crippen LogP contribution in [-0.4, -0.2) is 200 Å². The van der Waals surface area contributed by atoms with Crippen LogP contribution in [0.4, 0.5) is 22.7 Å². The molecule has 0 aliphatic carbocycles. The van der Waals surface area contributed by atoms with E-state index in [1.807, 2.05) is 9.80 Å². The van der Waals surface area contributed by atoms with Crippen LogP contribution in [0.15, 0.2) is 209 Å². The first-order chi connectivity index (χ1) is 52.3. The average Bonchev–Trinajstić information content (AvgIpc) is 1.74. The number of fused-ring (bicyclic) bond motifs is 4. The molecule has 32 nitrogen and oxygen atoms in total. The van der Waals surface area contributed by atoms with E-state index in [1.165, 1.54) is 98.8 Å². The Balaban J connectivity index is 0.000000237. The molecule has 8 aromatic carbocycles. The standard InChI is InChI=1S/2C28H22N4O8S3.2C9H21NO3/c2*1-15-9-14-22-25(26(15)43(38,39)40)41-28(30-22)17-10-12-18(13-11-17)31-32-24(16(2)33)27(34)29-21-7-3-6-20-19(21)5-4-8-23(20)42(35,36)37;2*1-7(11)4-10(5-8(2)12)6-9(3)13/h2*3-14,33H,1-2H3,(H,29,34)(H,35,36,37)(H,38,39,40);2*7-9,11-13H,4-6H2,1-3H3/p-4/b2*24-16+,32-31?;;. The zero-order valence-corrected chi connectivity index (χ0v) is 66.8. The van der Waals surface area contributed by atoms with Crippen molar-refractivity contribution in [1.29, 1.82) is 0 Å². The van der Waals surface area contributed by atoms with Crippen LogP contribution in [0.3, 0.4) is 0 Å². The minimum atomic E-state index is -4.77. The highest BCUT2D eigenvalue weighted by molar-refractivity contribution is 7.87. The maximum Gasteiger partial charge on any atom is 0.279 e. The van der Waals surface area contributed by atoms with Crippen LogP contribution < -0.4 is 10.6 Å². The Bertz CT molecular complexity index is 5250. The summed E-state index contributed by atoms with van der Waals surface area (Å²) >= 11 is 2.13. The summed E-state index contributed by atoms with van der Waals surface area (Å²) in [6.07, 6.45) is -2.60. The van der Waals surface area contributed by atoms with Crippen molar-refractivity contribution in [3.8, 4) is 21.1 Å². The van der Waals surface area contributed by atoms with Crippen molar-refractivity contribution < 1.29 is 102 Å². The van der Waals surface area contributed by atoms with Gasteiger partial charge >= 0.3 is 0 Å². The fourth-order valence-electron chi connectivity index (χ4n) is 11.4. The molecule has 6 atom stereocenters. The van der Waals surface area contributed by atoms with E-state index in [9.17, 15) is 71.7 Å². The molecule has 10 rings (SSSR count). The third kappa shape index (κ3) is 25.3. The van der Waals surface area contributed by atoms with Gasteiger partial charge in [-0.15, -0.1) is 32.9 Å². The van der Waals surface area contributed by atoms with Gasteiger partial charge in [0.25, 0.3) is 11.8 Å². The van der Waals surface area contributed by atoms with Crippen molar-refractivity contribution in [2.45, 2.75) is 125 Å². The van der Waals surface area contributed by atoms with Gasteiger partial charge in [-0.05, 0) is 165 Å². The molecule has 6 unspecified atom stereocenters. The number of carbonyl (C=O) groups is 2. The van der Waals surface area contributed by atoms with Crippen molar-refractivity contribution in [3.63, 3.8) is 0 Å². The monoisotopic (exact) mass is 1650 g/mol. The Labute approximate surface area is 654 Å². The van der Waals surface area contributed by atoms with Crippen molar-refractivity contribution in [3.05, 3.63) is 180 Å². The highest BCUT2D eigenvalue weighted by atomic mass is 32.2. The molecule has 0 saturated heterocycles. The van der Waals surface area contributed by atoms with E-state index in [0.29, 0.717) is 105 Å². The molecule has 2 aromatic heterocycles. The van der Waals surface area contributed by atoms with Gasteiger partial charge in [0.1, 0.15) is 62.0 Å². The largest absolute Gasteiger partial charge is 0.744 e.